The van der Waals surface area contributed by atoms with Gasteiger partial charge in [-0.25, -0.2) is 4.39 Å². The molecule has 0 saturated heterocycles. The van der Waals surface area contributed by atoms with Crippen LogP contribution in [0.25, 0.3) is 0 Å². The number of rotatable bonds is 4. The van der Waals surface area contributed by atoms with Gasteiger partial charge in [0, 0.05) is 5.54 Å². The molecule has 1 aliphatic carbocycles. The predicted octanol–water partition coefficient (Wildman–Crippen LogP) is 2.51. The number of hydrogen-bond donors (Lipinski definition) is 2. The second kappa shape index (κ2) is 5.57. The SMILES string of the molecule is Cc1cc(F)ccc1C(NN)C1(N(C)C)CCCC1. The zero-order chi connectivity index (χ0) is 14.0. The first-order valence-corrected chi connectivity index (χ1v) is 6.91. The zero-order valence-electron chi connectivity index (χ0n) is 12.0. The van der Waals surface area contributed by atoms with Crippen molar-refractivity contribution < 1.29 is 4.39 Å². The number of nitrogens with one attached hydrogen (secondary N) is 1. The minimum absolute atomic E-state index is 0.0251. The van der Waals surface area contributed by atoms with Crippen molar-refractivity contribution in [2.75, 3.05) is 14.1 Å². The van der Waals surface area contributed by atoms with Crippen molar-refractivity contribution in [2.24, 2.45) is 5.84 Å². The molecule has 19 heavy (non-hydrogen) atoms. The Kier molecular flexibility index (Phi) is 4.23. The van der Waals surface area contributed by atoms with E-state index in [2.05, 4.69) is 24.4 Å². The van der Waals surface area contributed by atoms with Gasteiger partial charge in [-0.1, -0.05) is 18.9 Å². The van der Waals surface area contributed by atoms with Gasteiger partial charge in [0.05, 0.1) is 6.04 Å². The van der Waals surface area contributed by atoms with Crippen LogP contribution in [0.4, 0.5) is 4.39 Å². The smallest absolute Gasteiger partial charge is 0.123 e. The number of benzene rings is 1. The van der Waals surface area contributed by atoms with Crippen molar-refractivity contribution in [1.82, 2.24) is 10.3 Å². The molecule has 0 radical (unpaired) electrons. The highest BCUT2D eigenvalue weighted by atomic mass is 19.1. The fourth-order valence-electron chi connectivity index (χ4n) is 3.48. The number of halogens is 1. The van der Waals surface area contributed by atoms with Crippen LogP contribution >= 0.6 is 0 Å². The summed E-state index contributed by atoms with van der Waals surface area (Å²) in [6, 6.07) is 4.99. The topological polar surface area (TPSA) is 41.3 Å². The average molecular weight is 265 g/mol. The molecule has 0 bridgehead atoms. The molecule has 4 heteroatoms. The molecule has 0 aromatic heterocycles. The van der Waals surface area contributed by atoms with E-state index < -0.39 is 0 Å². The Morgan fingerprint density at radius 1 is 1.32 bits per heavy atom. The second-order valence-corrected chi connectivity index (χ2v) is 5.81. The van der Waals surface area contributed by atoms with Gasteiger partial charge in [-0.05, 0) is 57.1 Å². The lowest BCUT2D eigenvalue weighted by Crippen LogP contribution is -2.53. The number of hydrazine groups is 1. The van der Waals surface area contributed by atoms with Crippen LogP contribution in [0.1, 0.15) is 42.9 Å². The molecule has 1 aromatic carbocycles. The highest BCUT2D eigenvalue weighted by Gasteiger charge is 2.43. The van der Waals surface area contributed by atoms with Crippen LogP contribution < -0.4 is 11.3 Å². The maximum Gasteiger partial charge on any atom is 0.123 e. The number of aryl methyl sites for hydroxylation is 1. The van der Waals surface area contributed by atoms with E-state index in [9.17, 15) is 4.39 Å². The van der Waals surface area contributed by atoms with Crippen molar-refractivity contribution in [1.29, 1.82) is 0 Å². The Balaban J connectivity index is 2.43. The fourth-order valence-corrected chi connectivity index (χ4v) is 3.48. The van der Waals surface area contributed by atoms with Crippen LogP contribution in [-0.4, -0.2) is 24.5 Å². The molecule has 1 unspecified atom stereocenters. The van der Waals surface area contributed by atoms with E-state index in [0.29, 0.717) is 0 Å². The van der Waals surface area contributed by atoms with Gasteiger partial charge in [0.2, 0.25) is 0 Å². The van der Waals surface area contributed by atoms with E-state index in [1.165, 1.54) is 18.9 Å². The summed E-state index contributed by atoms with van der Waals surface area (Å²) in [7, 11) is 4.21. The average Bonchev–Trinajstić information content (AvgIpc) is 2.83. The van der Waals surface area contributed by atoms with Crippen LogP contribution in [0.2, 0.25) is 0 Å². The Morgan fingerprint density at radius 3 is 2.42 bits per heavy atom. The number of likely N-dealkylation sites (N-methyl/N-ethyl adjacent to an activating group) is 1. The van der Waals surface area contributed by atoms with Gasteiger partial charge in [0.15, 0.2) is 0 Å². The lowest BCUT2D eigenvalue weighted by Gasteiger charge is -2.43. The number of nitrogens with two attached hydrogens (primary N) is 1. The lowest BCUT2D eigenvalue weighted by atomic mass is 9.81. The summed E-state index contributed by atoms with van der Waals surface area (Å²) < 4.78 is 13.3. The van der Waals surface area contributed by atoms with E-state index in [1.807, 2.05) is 13.0 Å². The first kappa shape index (κ1) is 14.4. The highest BCUT2D eigenvalue weighted by Crippen LogP contribution is 2.43. The molecular weight excluding hydrogens is 241 g/mol. The first-order valence-electron chi connectivity index (χ1n) is 6.91. The van der Waals surface area contributed by atoms with Crippen molar-refractivity contribution in [3.8, 4) is 0 Å². The normalized spacial score (nSPS) is 19.9. The van der Waals surface area contributed by atoms with Crippen LogP contribution in [0.3, 0.4) is 0 Å². The molecule has 1 aromatic rings. The fraction of sp³-hybridized carbons (Fsp3) is 0.600. The Labute approximate surface area is 114 Å². The molecule has 1 fully saturated rings. The molecule has 0 aliphatic heterocycles. The van der Waals surface area contributed by atoms with Crippen molar-refractivity contribution >= 4 is 0 Å². The molecule has 106 valence electrons. The Bertz CT molecular complexity index is 439. The summed E-state index contributed by atoms with van der Waals surface area (Å²) in [5.74, 6) is 5.65. The summed E-state index contributed by atoms with van der Waals surface area (Å²) in [6.45, 7) is 1.95. The third-order valence-corrected chi connectivity index (χ3v) is 4.61. The largest absolute Gasteiger partial charge is 0.302 e. The molecule has 0 heterocycles. The first-order chi connectivity index (χ1) is 9.01. The summed E-state index contributed by atoms with van der Waals surface area (Å²) in [5, 5.41) is 0. The lowest BCUT2D eigenvalue weighted by molar-refractivity contribution is 0.104. The van der Waals surface area contributed by atoms with Crippen LogP contribution in [0.15, 0.2) is 18.2 Å². The highest BCUT2D eigenvalue weighted by molar-refractivity contribution is 5.32. The molecule has 1 aliphatic rings. The van der Waals surface area contributed by atoms with Gasteiger partial charge >= 0.3 is 0 Å². The third-order valence-electron chi connectivity index (χ3n) is 4.61. The summed E-state index contributed by atoms with van der Waals surface area (Å²) in [4.78, 5) is 2.27. The van der Waals surface area contributed by atoms with Gasteiger partial charge in [-0.3, -0.25) is 11.3 Å². The minimum atomic E-state index is -0.192. The van der Waals surface area contributed by atoms with Crippen LogP contribution in [0, 0.1) is 12.7 Å². The van der Waals surface area contributed by atoms with Gasteiger partial charge in [-0.15, -0.1) is 0 Å². The van der Waals surface area contributed by atoms with E-state index in [-0.39, 0.29) is 17.4 Å². The Morgan fingerprint density at radius 2 is 1.95 bits per heavy atom. The maximum atomic E-state index is 13.3. The van der Waals surface area contributed by atoms with E-state index in [1.54, 1.807) is 6.07 Å². The van der Waals surface area contributed by atoms with Crippen molar-refractivity contribution in [3.05, 3.63) is 35.1 Å². The minimum Gasteiger partial charge on any atom is -0.302 e. The second-order valence-electron chi connectivity index (χ2n) is 5.81. The van der Waals surface area contributed by atoms with Crippen LogP contribution in [-0.2, 0) is 0 Å². The van der Waals surface area contributed by atoms with E-state index in [4.69, 9.17) is 5.84 Å². The standard InChI is InChI=1S/C15H24FN3/c1-11-10-12(16)6-7-13(11)14(18-17)15(19(2)3)8-4-5-9-15/h6-7,10,14,18H,4-5,8-9,17H2,1-3H3. The number of hydrogen-bond acceptors (Lipinski definition) is 3. The summed E-state index contributed by atoms with van der Waals surface area (Å²) in [6.07, 6.45) is 4.67. The molecule has 0 spiro atoms. The molecular formula is C15H24FN3. The number of nitrogens with zero attached hydrogens (tertiary/aromatic N) is 1. The van der Waals surface area contributed by atoms with E-state index >= 15 is 0 Å². The van der Waals surface area contributed by atoms with Crippen molar-refractivity contribution in [3.63, 3.8) is 0 Å². The third kappa shape index (κ3) is 2.53. The van der Waals surface area contributed by atoms with Crippen molar-refractivity contribution in [2.45, 2.75) is 44.2 Å². The summed E-state index contributed by atoms with van der Waals surface area (Å²) in [5.41, 5.74) is 5.06. The van der Waals surface area contributed by atoms with Gasteiger partial charge in [-0.2, -0.15) is 0 Å². The molecule has 3 nitrogen and oxygen atoms in total. The summed E-state index contributed by atoms with van der Waals surface area (Å²) >= 11 is 0. The van der Waals surface area contributed by atoms with Gasteiger partial charge in [0.25, 0.3) is 0 Å². The molecule has 2 rings (SSSR count). The quantitative estimate of drug-likeness (QED) is 0.649. The monoisotopic (exact) mass is 265 g/mol. The molecule has 1 atom stereocenters. The maximum absolute atomic E-state index is 13.3. The molecule has 3 N–H and O–H groups in total. The Hall–Kier alpha value is -0.970. The predicted molar refractivity (Wildman–Crippen MR) is 76.1 cm³/mol. The molecule has 1 saturated carbocycles. The van der Waals surface area contributed by atoms with Gasteiger partial charge < -0.3 is 4.90 Å². The molecule has 0 amide bonds. The zero-order valence-corrected chi connectivity index (χ0v) is 12.0. The van der Waals surface area contributed by atoms with E-state index in [0.717, 1.165) is 24.0 Å². The van der Waals surface area contributed by atoms with Gasteiger partial charge in [0.1, 0.15) is 5.82 Å². The van der Waals surface area contributed by atoms with Crippen LogP contribution in [0.5, 0.6) is 0 Å².